The van der Waals surface area contributed by atoms with Gasteiger partial charge in [0.1, 0.15) is 5.82 Å². The Kier molecular flexibility index (Phi) is 4.22. The molecule has 1 fully saturated rings. The van der Waals surface area contributed by atoms with Crippen LogP contribution < -0.4 is 0 Å². The molecule has 22 heavy (non-hydrogen) atoms. The topological polar surface area (TPSA) is 50.3 Å². The highest BCUT2D eigenvalue weighted by Crippen LogP contribution is 2.35. The van der Waals surface area contributed by atoms with Gasteiger partial charge in [-0.3, -0.25) is 4.98 Å². The van der Waals surface area contributed by atoms with E-state index in [1.54, 1.807) is 12.4 Å². The number of hydrogen-bond acceptors (Lipinski definition) is 3. The van der Waals surface area contributed by atoms with Gasteiger partial charge in [-0.15, -0.1) is 0 Å². The van der Waals surface area contributed by atoms with Crippen LogP contribution in [0.25, 0.3) is 0 Å². The molecule has 1 aromatic heterocycles. The third kappa shape index (κ3) is 2.89. The summed E-state index contributed by atoms with van der Waals surface area (Å²) in [6.45, 7) is 0.471. The zero-order chi connectivity index (χ0) is 15.6. The predicted molar refractivity (Wildman–Crippen MR) is 81.1 cm³/mol. The molecule has 1 atom stereocenters. The summed E-state index contributed by atoms with van der Waals surface area (Å²) in [6.07, 6.45) is 5.96. The van der Waals surface area contributed by atoms with Gasteiger partial charge in [-0.05, 0) is 48.7 Å². The third-order valence-corrected chi connectivity index (χ3v) is 5.87. The monoisotopic (exact) mass is 320 g/mol. The Morgan fingerprint density at radius 1 is 1.14 bits per heavy atom. The number of piperidine rings is 1. The van der Waals surface area contributed by atoms with Gasteiger partial charge in [-0.25, -0.2) is 12.8 Å². The van der Waals surface area contributed by atoms with Crippen molar-refractivity contribution in [2.75, 3.05) is 6.54 Å². The van der Waals surface area contributed by atoms with Crippen LogP contribution in [0.15, 0.2) is 53.7 Å². The van der Waals surface area contributed by atoms with Crippen molar-refractivity contribution >= 4 is 10.0 Å². The van der Waals surface area contributed by atoms with Crippen LogP contribution in [0.4, 0.5) is 4.39 Å². The summed E-state index contributed by atoms with van der Waals surface area (Å²) in [6, 6.07) is 8.49. The van der Waals surface area contributed by atoms with Crippen molar-refractivity contribution in [3.63, 3.8) is 0 Å². The lowest BCUT2D eigenvalue weighted by molar-refractivity contribution is 0.255. The molecule has 0 spiro atoms. The molecule has 0 unspecified atom stereocenters. The maximum absolute atomic E-state index is 13.0. The zero-order valence-corrected chi connectivity index (χ0v) is 12.8. The fraction of sp³-hybridized carbons (Fsp3) is 0.312. The molecule has 0 saturated carbocycles. The van der Waals surface area contributed by atoms with Crippen LogP contribution in [-0.2, 0) is 10.0 Å². The van der Waals surface area contributed by atoms with Gasteiger partial charge in [0, 0.05) is 18.9 Å². The van der Waals surface area contributed by atoms with Gasteiger partial charge in [0.2, 0.25) is 10.0 Å². The maximum Gasteiger partial charge on any atom is 0.243 e. The van der Waals surface area contributed by atoms with Gasteiger partial charge in [-0.1, -0.05) is 12.5 Å². The Hall–Kier alpha value is -1.79. The summed E-state index contributed by atoms with van der Waals surface area (Å²) < 4.78 is 40.3. The molecule has 2 heterocycles. The van der Waals surface area contributed by atoms with Crippen LogP contribution in [0, 0.1) is 5.82 Å². The van der Waals surface area contributed by atoms with Crippen LogP contribution in [0.2, 0.25) is 0 Å². The summed E-state index contributed by atoms with van der Waals surface area (Å²) in [7, 11) is -3.64. The lowest BCUT2D eigenvalue weighted by Crippen LogP contribution is -2.38. The van der Waals surface area contributed by atoms with E-state index in [2.05, 4.69) is 4.98 Å². The molecule has 0 radical (unpaired) electrons. The molecule has 1 aromatic carbocycles. The second-order valence-electron chi connectivity index (χ2n) is 5.37. The second kappa shape index (κ2) is 6.14. The molecule has 0 bridgehead atoms. The van der Waals surface area contributed by atoms with Crippen LogP contribution in [0.1, 0.15) is 30.9 Å². The highest BCUT2D eigenvalue weighted by atomic mass is 32.2. The summed E-state index contributed by atoms with van der Waals surface area (Å²) in [5.41, 5.74) is 0.896. The van der Waals surface area contributed by atoms with E-state index in [4.69, 9.17) is 0 Å². The number of hydrogen-bond donors (Lipinski definition) is 0. The summed E-state index contributed by atoms with van der Waals surface area (Å²) >= 11 is 0. The first-order valence-electron chi connectivity index (χ1n) is 7.26. The van der Waals surface area contributed by atoms with Crippen LogP contribution in [0.3, 0.4) is 0 Å². The average Bonchev–Trinajstić information content (AvgIpc) is 2.56. The lowest BCUT2D eigenvalue weighted by atomic mass is 9.99. The van der Waals surface area contributed by atoms with Crippen LogP contribution in [0.5, 0.6) is 0 Å². The highest BCUT2D eigenvalue weighted by Gasteiger charge is 2.34. The molecule has 1 saturated heterocycles. The molecule has 0 amide bonds. The number of rotatable bonds is 3. The second-order valence-corrected chi connectivity index (χ2v) is 7.26. The molecule has 3 rings (SSSR count). The number of sulfonamides is 1. The maximum atomic E-state index is 13.0. The van der Waals surface area contributed by atoms with Gasteiger partial charge in [0.25, 0.3) is 0 Å². The number of nitrogens with zero attached hydrogens (tertiary/aromatic N) is 2. The normalized spacial score (nSPS) is 20.0. The first-order valence-corrected chi connectivity index (χ1v) is 8.70. The van der Waals surface area contributed by atoms with E-state index in [9.17, 15) is 12.8 Å². The SMILES string of the molecule is O=S(=O)(c1ccc(F)cc1)N1CCCC[C@@H]1c1cccnc1. The van der Waals surface area contributed by atoms with Crippen molar-refractivity contribution in [2.24, 2.45) is 0 Å². The van der Waals surface area contributed by atoms with Crippen molar-refractivity contribution in [1.82, 2.24) is 9.29 Å². The minimum Gasteiger partial charge on any atom is -0.264 e. The average molecular weight is 320 g/mol. The Bertz CT molecular complexity index is 733. The smallest absolute Gasteiger partial charge is 0.243 e. The highest BCUT2D eigenvalue weighted by molar-refractivity contribution is 7.89. The summed E-state index contributed by atoms with van der Waals surface area (Å²) in [5.74, 6) is -0.443. The quantitative estimate of drug-likeness (QED) is 0.873. The largest absolute Gasteiger partial charge is 0.264 e. The number of pyridine rings is 1. The molecule has 1 aliphatic heterocycles. The Morgan fingerprint density at radius 3 is 2.59 bits per heavy atom. The van der Waals surface area contributed by atoms with Crippen molar-refractivity contribution in [2.45, 2.75) is 30.2 Å². The fourth-order valence-electron chi connectivity index (χ4n) is 2.84. The van der Waals surface area contributed by atoms with Gasteiger partial charge in [0.05, 0.1) is 10.9 Å². The molecule has 1 aliphatic rings. The zero-order valence-electron chi connectivity index (χ0n) is 12.0. The molecule has 0 N–H and O–H groups in total. The molecule has 116 valence electrons. The number of aromatic nitrogens is 1. The van der Waals surface area contributed by atoms with E-state index in [-0.39, 0.29) is 10.9 Å². The molecular formula is C16H17FN2O2S. The van der Waals surface area contributed by atoms with E-state index >= 15 is 0 Å². The fourth-order valence-corrected chi connectivity index (χ4v) is 4.52. The van der Waals surface area contributed by atoms with Gasteiger partial charge in [0.15, 0.2) is 0 Å². The van der Waals surface area contributed by atoms with Crippen molar-refractivity contribution in [1.29, 1.82) is 0 Å². The van der Waals surface area contributed by atoms with Crippen molar-refractivity contribution in [3.8, 4) is 0 Å². The first kappa shape index (κ1) is 15.1. The van der Waals surface area contributed by atoms with E-state index in [1.807, 2.05) is 12.1 Å². The van der Waals surface area contributed by atoms with Gasteiger partial charge >= 0.3 is 0 Å². The third-order valence-electron chi connectivity index (χ3n) is 3.94. The van der Waals surface area contributed by atoms with E-state index in [0.717, 1.165) is 24.8 Å². The lowest BCUT2D eigenvalue weighted by Gasteiger charge is -2.34. The Morgan fingerprint density at radius 2 is 1.91 bits per heavy atom. The molecule has 0 aliphatic carbocycles. The predicted octanol–water partition coefficient (Wildman–Crippen LogP) is 3.14. The summed E-state index contributed by atoms with van der Waals surface area (Å²) in [4.78, 5) is 4.22. The molecule has 4 nitrogen and oxygen atoms in total. The Balaban J connectivity index is 1.98. The van der Waals surface area contributed by atoms with E-state index in [0.29, 0.717) is 6.54 Å². The number of benzene rings is 1. The first-order chi connectivity index (χ1) is 10.6. The standard InChI is InChI=1S/C16H17FN2O2S/c17-14-6-8-15(9-7-14)22(20,21)19-11-2-1-5-16(19)13-4-3-10-18-12-13/h3-4,6-10,12,16H,1-2,5,11H2/t16-/m1/s1. The van der Waals surface area contributed by atoms with Crippen molar-refractivity contribution in [3.05, 3.63) is 60.2 Å². The molecule has 2 aromatic rings. The van der Waals surface area contributed by atoms with Crippen molar-refractivity contribution < 1.29 is 12.8 Å². The van der Waals surface area contributed by atoms with Crippen LogP contribution in [-0.4, -0.2) is 24.3 Å². The van der Waals surface area contributed by atoms with E-state index in [1.165, 1.54) is 28.6 Å². The van der Waals surface area contributed by atoms with Gasteiger partial charge < -0.3 is 0 Å². The van der Waals surface area contributed by atoms with Crippen LogP contribution >= 0.6 is 0 Å². The van der Waals surface area contributed by atoms with Gasteiger partial charge in [-0.2, -0.15) is 4.31 Å². The minimum atomic E-state index is -3.64. The Labute approximate surface area is 129 Å². The van der Waals surface area contributed by atoms with E-state index < -0.39 is 15.8 Å². The summed E-state index contributed by atoms with van der Waals surface area (Å²) in [5, 5.41) is 0. The number of halogens is 1. The molecular weight excluding hydrogens is 303 g/mol. The minimum absolute atomic E-state index is 0.129. The molecule has 6 heteroatoms.